The number of hydrogen-bond acceptors (Lipinski definition) is 5. The van der Waals surface area contributed by atoms with E-state index in [0.717, 1.165) is 0 Å². The number of piperidine rings is 1. The number of carbonyl (C=O) groups is 1. The fourth-order valence-corrected chi connectivity index (χ4v) is 4.82. The molecular weight excluding hydrogens is 497 g/mol. The largest absolute Gasteiger partial charge is 0.471 e. The standard InChI is InChI=1S/C25H28ClF3N4O3/c1-3-25(28,29)18-5-4-17(10-15(18)2)32-23(35)33-8-6-24(27,7-9-33)22-19(26)11-16(12-30-22)21-20(13-34)31-14-36-21/h4-5,10-12,31,34H,3,6-9,13-14H2,1-2H3,(H,32,35). The van der Waals surface area contributed by atoms with E-state index in [2.05, 4.69) is 15.6 Å². The van der Waals surface area contributed by atoms with Crippen molar-refractivity contribution in [3.05, 3.63) is 63.6 Å². The molecule has 0 atom stereocenters. The van der Waals surface area contributed by atoms with E-state index in [1.807, 2.05) is 0 Å². The monoisotopic (exact) mass is 524 g/mol. The van der Waals surface area contributed by atoms with Crippen LogP contribution in [0.2, 0.25) is 5.02 Å². The molecule has 194 valence electrons. The number of aryl methyl sites for hydroxylation is 1. The van der Waals surface area contributed by atoms with Crippen LogP contribution in [0.3, 0.4) is 0 Å². The second kappa shape index (κ2) is 10.2. The molecule has 2 aromatic rings. The normalized spacial score (nSPS) is 17.6. The van der Waals surface area contributed by atoms with Crippen molar-refractivity contribution in [2.75, 3.05) is 31.7 Å². The zero-order valence-electron chi connectivity index (χ0n) is 20.0. The van der Waals surface area contributed by atoms with E-state index in [4.69, 9.17) is 16.3 Å². The molecule has 0 saturated carbocycles. The molecule has 7 nitrogen and oxygen atoms in total. The Bertz CT molecular complexity index is 1180. The first-order valence-corrected chi connectivity index (χ1v) is 12.1. The summed E-state index contributed by atoms with van der Waals surface area (Å²) in [7, 11) is 0. The van der Waals surface area contributed by atoms with Gasteiger partial charge >= 0.3 is 6.03 Å². The van der Waals surface area contributed by atoms with Crippen molar-refractivity contribution in [3.63, 3.8) is 0 Å². The van der Waals surface area contributed by atoms with Gasteiger partial charge in [-0.05, 0) is 30.7 Å². The number of halogens is 4. The number of likely N-dealkylation sites (tertiary alicyclic amines) is 1. The lowest BCUT2D eigenvalue weighted by atomic mass is 9.89. The highest BCUT2D eigenvalue weighted by Gasteiger charge is 2.40. The first-order valence-electron chi connectivity index (χ1n) is 11.7. The van der Waals surface area contributed by atoms with Crippen LogP contribution in [0.15, 0.2) is 36.2 Å². The lowest BCUT2D eigenvalue weighted by Gasteiger charge is -2.36. The van der Waals surface area contributed by atoms with Crippen molar-refractivity contribution < 1.29 is 27.8 Å². The van der Waals surface area contributed by atoms with E-state index in [-0.39, 0.29) is 62.0 Å². The summed E-state index contributed by atoms with van der Waals surface area (Å²) >= 11 is 6.39. The second-order valence-corrected chi connectivity index (χ2v) is 9.36. The summed E-state index contributed by atoms with van der Waals surface area (Å²) in [4.78, 5) is 18.5. The minimum absolute atomic E-state index is 0.00415. The van der Waals surface area contributed by atoms with Crippen molar-refractivity contribution in [1.82, 2.24) is 15.2 Å². The highest BCUT2D eigenvalue weighted by Crippen LogP contribution is 2.40. The zero-order valence-corrected chi connectivity index (χ0v) is 20.8. The van der Waals surface area contributed by atoms with Gasteiger partial charge in [-0.3, -0.25) is 4.98 Å². The van der Waals surface area contributed by atoms with E-state index in [0.29, 0.717) is 28.3 Å². The van der Waals surface area contributed by atoms with E-state index in [1.165, 1.54) is 36.2 Å². The van der Waals surface area contributed by atoms with E-state index < -0.39 is 17.6 Å². The van der Waals surface area contributed by atoms with Gasteiger partial charge in [0.1, 0.15) is 0 Å². The number of rotatable bonds is 6. The minimum Gasteiger partial charge on any atom is -0.471 e. The molecule has 1 aromatic heterocycles. The molecule has 0 bridgehead atoms. The Hall–Kier alpha value is -2.98. The molecule has 1 aromatic carbocycles. The van der Waals surface area contributed by atoms with Gasteiger partial charge in [0.25, 0.3) is 5.92 Å². The third kappa shape index (κ3) is 5.10. The first-order chi connectivity index (χ1) is 17.1. The predicted octanol–water partition coefficient (Wildman–Crippen LogP) is 5.28. The van der Waals surface area contributed by atoms with E-state index in [9.17, 15) is 18.7 Å². The lowest BCUT2D eigenvalue weighted by molar-refractivity contribution is -0.00887. The fraction of sp³-hybridized carbons (Fsp3) is 0.440. The predicted molar refractivity (Wildman–Crippen MR) is 130 cm³/mol. The number of aliphatic hydroxyl groups is 1. The van der Waals surface area contributed by atoms with Crippen molar-refractivity contribution in [2.45, 2.75) is 44.7 Å². The van der Waals surface area contributed by atoms with Crippen molar-refractivity contribution in [3.8, 4) is 0 Å². The van der Waals surface area contributed by atoms with Crippen LogP contribution < -0.4 is 10.6 Å². The van der Waals surface area contributed by atoms with Crippen LogP contribution in [-0.4, -0.2) is 47.4 Å². The summed E-state index contributed by atoms with van der Waals surface area (Å²) in [6.07, 6.45) is 1.13. The Morgan fingerprint density at radius 1 is 1.33 bits per heavy atom. The lowest BCUT2D eigenvalue weighted by Crippen LogP contribution is -2.45. The van der Waals surface area contributed by atoms with Crippen LogP contribution in [-0.2, 0) is 16.3 Å². The summed E-state index contributed by atoms with van der Waals surface area (Å²) in [6.45, 7) is 3.21. The first kappa shape index (κ1) is 26.1. The Morgan fingerprint density at radius 3 is 2.67 bits per heavy atom. The van der Waals surface area contributed by atoms with Gasteiger partial charge < -0.3 is 25.4 Å². The molecule has 1 saturated heterocycles. The number of hydrogen-bond donors (Lipinski definition) is 3. The van der Waals surface area contributed by atoms with Gasteiger partial charge in [0, 0.05) is 55.4 Å². The topological polar surface area (TPSA) is 86.7 Å². The highest BCUT2D eigenvalue weighted by molar-refractivity contribution is 6.31. The number of pyridine rings is 1. The third-order valence-corrected chi connectivity index (χ3v) is 6.91. The van der Waals surface area contributed by atoms with Gasteiger partial charge in [0.15, 0.2) is 18.2 Å². The molecule has 0 radical (unpaired) electrons. The molecule has 0 unspecified atom stereocenters. The number of amides is 2. The van der Waals surface area contributed by atoms with E-state index >= 15 is 4.39 Å². The van der Waals surface area contributed by atoms with Gasteiger partial charge in [-0.15, -0.1) is 0 Å². The molecule has 4 rings (SSSR count). The minimum atomic E-state index is -2.93. The Labute approximate surface area is 212 Å². The smallest absolute Gasteiger partial charge is 0.321 e. The fourth-order valence-electron chi connectivity index (χ4n) is 4.49. The molecule has 11 heteroatoms. The van der Waals surface area contributed by atoms with Gasteiger partial charge in [0.05, 0.1) is 23.0 Å². The SMILES string of the molecule is CCC(F)(F)c1ccc(NC(=O)N2CCC(F)(c3ncc(C4=C(CO)NCO4)cc3Cl)CC2)cc1C. The number of nitrogens with zero attached hydrogens (tertiary/aromatic N) is 2. The Morgan fingerprint density at radius 2 is 2.06 bits per heavy atom. The van der Waals surface area contributed by atoms with Crippen LogP contribution in [0.1, 0.15) is 48.6 Å². The van der Waals surface area contributed by atoms with Crippen molar-refractivity contribution >= 4 is 29.1 Å². The highest BCUT2D eigenvalue weighted by atomic mass is 35.5. The molecule has 2 amide bonds. The number of carbonyl (C=O) groups excluding carboxylic acids is 1. The summed E-state index contributed by atoms with van der Waals surface area (Å²) in [5.41, 5.74) is -0.00251. The van der Waals surface area contributed by atoms with Crippen molar-refractivity contribution in [1.29, 1.82) is 0 Å². The number of aromatic nitrogens is 1. The van der Waals surface area contributed by atoms with Gasteiger partial charge in [-0.25, -0.2) is 18.0 Å². The molecule has 3 N–H and O–H groups in total. The van der Waals surface area contributed by atoms with Crippen molar-refractivity contribution in [2.24, 2.45) is 0 Å². The molecule has 2 aliphatic heterocycles. The number of benzene rings is 1. The maximum absolute atomic E-state index is 15.9. The maximum atomic E-state index is 15.9. The number of aliphatic hydroxyl groups excluding tert-OH is 1. The second-order valence-electron chi connectivity index (χ2n) is 8.96. The molecule has 0 aliphatic carbocycles. The summed E-state index contributed by atoms with van der Waals surface area (Å²) in [5, 5.41) is 15.2. The number of urea groups is 1. The molecule has 3 heterocycles. The van der Waals surface area contributed by atoms with Gasteiger partial charge in [-0.2, -0.15) is 0 Å². The van der Waals surface area contributed by atoms with E-state index in [1.54, 1.807) is 13.0 Å². The Kier molecular flexibility index (Phi) is 7.38. The quantitative estimate of drug-likeness (QED) is 0.479. The third-order valence-electron chi connectivity index (χ3n) is 6.62. The molecular formula is C25H28ClF3N4O3. The summed E-state index contributed by atoms with van der Waals surface area (Å²) < 4.78 is 49.4. The molecule has 1 fully saturated rings. The number of anilines is 1. The van der Waals surface area contributed by atoms with Crippen LogP contribution in [0, 0.1) is 6.92 Å². The summed E-state index contributed by atoms with van der Waals surface area (Å²) in [5.74, 6) is -2.52. The number of nitrogens with one attached hydrogen (secondary N) is 2. The number of ether oxygens (including phenoxy) is 1. The zero-order chi connectivity index (χ0) is 26.1. The average molecular weight is 525 g/mol. The molecule has 36 heavy (non-hydrogen) atoms. The van der Waals surface area contributed by atoms with Crippen LogP contribution >= 0.6 is 11.6 Å². The molecule has 2 aliphatic rings. The van der Waals surface area contributed by atoms with Crippen LogP contribution in [0.25, 0.3) is 5.76 Å². The molecule has 0 spiro atoms. The van der Waals surface area contributed by atoms with Crippen LogP contribution in [0.5, 0.6) is 0 Å². The number of alkyl halides is 3. The average Bonchev–Trinajstić information content (AvgIpc) is 3.33. The van der Waals surface area contributed by atoms with Gasteiger partial charge in [-0.1, -0.05) is 24.6 Å². The summed E-state index contributed by atoms with van der Waals surface area (Å²) in [6, 6.07) is 5.39. The Balaban J connectivity index is 1.41. The van der Waals surface area contributed by atoms with Crippen LogP contribution in [0.4, 0.5) is 23.7 Å². The maximum Gasteiger partial charge on any atom is 0.321 e. The van der Waals surface area contributed by atoms with Gasteiger partial charge in [0.2, 0.25) is 0 Å².